The number of aliphatic imine (C=N–C) groups is 1. The van der Waals surface area contributed by atoms with Gasteiger partial charge in [-0.3, -0.25) is 9.71 Å². The molecule has 6 nitrogen and oxygen atoms in total. The van der Waals surface area contributed by atoms with Crippen molar-refractivity contribution in [3.8, 4) is 11.5 Å². The van der Waals surface area contributed by atoms with E-state index in [1.54, 1.807) is 24.3 Å². The second-order valence-electron chi connectivity index (χ2n) is 8.20. The largest absolute Gasteiger partial charge is 0.516 e. The molecule has 2 aromatic carbocycles. The third-order valence-corrected chi connectivity index (χ3v) is 7.25. The number of hydrogen-bond donors (Lipinski definition) is 1. The van der Waals surface area contributed by atoms with E-state index in [4.69, 9.17) is 44.3 Å². The van der Waals surface area contributed by atoms with Crippen LogP contribution in [0.5, 0.6) is 11.5 Å². The molecular weight excluding hydrogens is 564 g/mol. The summed E-state index contributed by atoms with van der Waals surface area (Å²) in [7, 11) is -5.55. The summed E-state index contributed by atoms with van der Waals surface area (Å²) in [6, 6.07) is 10.6. The second kappa shape index (κ2) is 11.1. The minimum atomic E-state index is -5.55. The van der Waals surface area contributed by atoms with Crippen LogP contribution in [0.1, 0.15) is 25.0 Å². The highest BCUT2D eigenvalue weighted by Gasteiger charge is 2.46. The quantitative estimate of drug-likeness (QED) is 0.342. The van der Waals surface area contributed by atoms with E-state index in [9.17, 15) is 21.6 Å². The topological polar surface area (TPSA) is 77.0 Å². The number of halogens is 6. The predicted molar refractivity (Wildman–Crippen MR) is 135 cm³/mol. The molecule has 0 radical (unpaired) electrons. The van der Waals surface area contributed by atoms with Gasteiger partial charge in [-0.25, -0.2) is 0 Å². The number of benzene rings is 2. The van der Waals surface area contributed by atoms with Crippen molar-refractivity contribution in [2.75, 3.05) is 25.6 Å². The van der Waals surface area contributed by atoms with Crippen molar-refractivity contribution in [1.29, 1.82) is 0 Å². The molecule has 1 heterocycles. The number of nitrogens with zero attached hydrogens (tertiary/aromatic N) is 1. The third kappa shape index (κ3) is 6.40. The molecule has 196 valence electrons. The molecule has 2 aromatic rings. The van der Waals surface area contributed by atoms with Crippen LogP contribution in [0.25, 0.3) is 0 Å². The number of nitrogens with one attached hydrogen (secondary N) is 1. The van der Waals surface area contributed by atoms with Crippen molar-refractivity contribution in [2.24, 2.45) is 4.99 Å². The minimum Gasteiger partial charge on any atom is -0.489 e. The first-order chi connectivity index (χ1) is 16.8. The van der Waals surface area contributed by atoms with Crippen LogP contribution >= 0.6 is 34.8 Å². The Bertz CT molecular complexity index is 1260. The standard InChI is InChI=1S/C23H22Cl3F3N2O4S/c1-22(2,15-11-17(25)21(18(26)12-15)34-10-8-24)14-3-5-16(6-4-14)35-13-20-19(7-9-30-20)31-36(32,33)23(27,28)29/h3-7,11-12,31H,8-10,13H2,1-2H3. The molecule has 0 unspecified atom stereocenters. The van der Waals surface area contributed by atoms with Crippen molar-refractivity contribution in [2.45, 2.75) is 24.8 Å². The van der Waals surface area contributed by atoms with E-state index in [1.165, 1.54) is 10.8 Å². The minimum absolute atomic E-state index is 0.0440. The van der Waals surface area contributed by atoms with E-state index in [-0.39, 0.29) is 31.2 Å². The van der Waals surface area contributed by atoms with Crippen molar-refractivity contribution >= 4 is 50.5 Å². The fraction of sp³-hybridized carbons (Fsp3) is 0.348. The number of hydrogen-bond acceptors (Lipinski definition) is 5. The fourth-order valence-corrected chi connectivity index (χ4v) is 4.64. The van der Waals surface area contributed by atoms with Crippen molar-refractivity contribution in [3.05, 3.63) is 69.3 Å². The van der Waals surface area contributed by atoms with Crippen molar-refractivity contribution < 1.29 is 31.1 Å². The molecule has 0 saturated carbocycles. The lowest BCUT2D eigenvalue weighted by Gasteiger charge is -2.27. The van der Waals surface area contributed by atoms with Crippen LogP contribution < -0.4 is 14.2 Å². The zero-order valence-corrected chi connectivity index (χ0v) is 22.2. The van der Waals surface area contributed by atoms with Gasteiger partial charge in [-0.1, -0.05) is 49.2 Å². The monoisotopic (exact) mass is 584 g/mol. The van der Waals surface area contributed by atoms with Gasteiger partial charge in [0.25, 0.3) is 0 Å². The number of alkyl halides is 4. The first kappa shape index (κ1) is 28.4. The first-order valence-corrected chi connectivity index (χ1v) is 13.3. The normalized spacial score (nSPS) is 14.3. The highest BCUT2D eigenvalue weighted by atomic mass is 35.5. The first-order valence-electron chi connectivity index (χ1n) is 10.5. The van der Waals surface area contributed by atoms with Crippen LogP contribution in [-0.2, 0) is 15.4 Å². The van der Waals surface area contributed by atoms with E-state index in [0.717, 1.165) is 11.1 Å². The molecule has 0 spiro atoms. The second-order valence-corrected chi connectivity index (χ2v) is 11.1. The van der Waals surface area contributed by atoms with Gasteiger partial charge < -0.3 is 9.47 Å². The van der Waals surface area contributed by atoms with Crippen LogP contribution in [0.3, 0.4) is 0 Å². The highest BCUT2D eigenvalue weighted by Crippen LogP contribution is 2.40. The average molecular weight is 586 g/mol. The maximum atomic E-state index is 12.7. The molecule has 0 fully saturated rings. The Morgan fingerprint density at radius 1 is 1.03 bits per heavy atom. The number of ether oxygens (including phenoxy) is 2. The van der Waals surface area contributed by atoms with Crippen LogP contribution in [0.2, 0.25) is 10.0 Å². The molecule has 0 bridgehead atoms. The SMILES string of the molecule is CC(C)(c1ccc(OCC2=NCC=C2NS(=O)(=O)C(F)(F)F)cc1)c1cc(Cl)c(OCCCl)c(Cl)c1. The summed E-state index contributed by atoms with van der Waals surface area (Å²) < 4.78 is 73.4. The summed E-state index contributed by atoms with van der Waals surface area (Å²) in [5, 5.41) is 0.718. The van der Waals surface area contributed by atoms with E-state index in [2.05, 4.69) is 4.99 Å². The van der Waals surface area contributed by atoms with E-state index in [1.807, 2.05) is 26.0 Å². The molecule has 3 rings (SSSR count). The van der Waals surface area contributed by atoms with E-state index in [0.29, 0.717) is 27.4 Å². The Balaban J connectivity index is 1.69. The molecule has 0 atom stereocenters. The fourth-order valence-electron chi connectivity index (χ4n) is 3.36. The maximum Gasteiger partial charge on any atom is 0.516 e. The molecule has 0 amide bonds. The molecule has 36 heavy (non-hydrogen) atoms. The molecule has 0 aliphatic carbocycles. The van der Waals surface area contributed by atoms with Gasteiger partial charge in [0.15, 0.2) is 5.75 Å². The average Bonchev–Trinajstić information content (AvgIpc) is 3.22. The summed E-state index contributed by atoms with van der Waals surface area (Å²) in [6.07, 6.45) is 1.25. The van der Waals surface area contributed by atoms with Gasteiger partial charge in [-0.05, 0) is 41.5 Å². The van der Waals surface area contributed by atoms with Crippen LogP contribution in [0.15, 0.2) is 53.2 Å². The number of sulfonamides is 1. The molecule has 0 aromatic heterocycles. The summed E-state index contributed by atoms with van der Waals surface area (Å²) in [5.41, 5.74) is -4.37. The molecule has 1 aliphatic rings. The molecular formula is C23H22Cl3F3N2O4S. The van der Waals surface area contributed by atoms with Gasteiger partial charge >= 0.3 is 15.5 Å². The summed E-state index contributed by atoms with van der Waals surface area (Å²) >= 11 is 18.4. The Morgan fingerprint density at radius 2 is 1.64 bits per heavy atom. The van der Waals surface area contributed by atoms with Crippen LogP contribution in [0.4, 0.5) is 13.2 Å². The zero-order valence-electron chi connectivity index (χ0n) is 19.1. The lowest BCUT2D eigenvalue weighted by molar-refractivity contribution is -0.0444. The van der Waals surface area contributed by atoms with Crippen molar-refractivity contribution in [1.82, 2.24) is 4.72 Å². The summed E-state index contributed by atoms with van der Waals surface area (Å²) in [4.78, 5) is 4.00. The van der Waals surface area contributed by atoms with Gasteiger partial charge in [0, 0.05) is 5.41 Å². The van der Waals surface area contributed by atoms with Gasteiger partial charge in [-0.2, -0.15) is 21.6 Å². The molecule has 1 aliphatic heterocycles. The Kier molecular flexibility index (Phi) is 8.75. The Morgan fingerprint density at radius 3 is 2.19 bits per heavy atom. The molecule has 13 heteroatoms. The van der Waals surface area contributed by atoms with Gasteiger partial charge in [0.2, 0.25) is 0 Å². The Hall–Kier alpha value is -2.14. The maximum absolute atomic E-state index is 12.7. The molecule has 0 saturated heterocycles. The lowest BCUT2D eigenvalue weighted by atomic mass is 9.78. The van der Waals surface area contributed by atoms with Gasteiger partial charge in [0.05, 0.1) is 33.9 Å². The third-order valence-electron chi connectivity index (χ3n) is 5.43. The van der Waals surface area contributed by atoms with Crippen molar-refractivity contribution in [3.63, 3.8) is 0 Å². The predicted octanol–water partition coefficient (Wildman–Crippen LogP) is 6.09. The van der Waals surface area contributed by atoms with Crippen LogP contribution in [-0.4, -0.2) is 45.3 Å². The highest BCUT2D eigenvalue weighted by molar-refractivity contribution is 7.90. The summed E-state index contributed by atoms with van der Waals surface area (Å²) in [6.45, 7) is 4.07. The van der Waals surface area contributed by atoms with E-state index >= 15 is 0 Å². The lowest BCUT2D eigenvalue weighted by Crippen LogP contribution is -2.38. The van der Waals surface area contributed by atoms with Crippen LogP contribution in [0, 0.1) is 0 Å². The smallest absolute Gasteiger partial charge is 0.489 e. The van der Waals surface area contributed by atoms with Gasteiger partial charge in [0.1, 0.15) is 19.0 Å². The van der Waals surface area contributed by atoms with Gasteiger partial charge in [-0.15, -0.1) is 11.6 Å². The van der Waals surface area contributed by atoms with E-state index < -0.39 is 20.9 Å². The molecule has 1 N–H and O–H groups in total. The zero-order chi connectivity index (χ0) is 26.7. The number of rotatable bonds is 10. The Labute approximate surface area is 222 Å². The summed E-state index contributed by atoms with van der Waals surface area (Å²) in [5.74, 6) is 1.08.